The van der Waals surface area contributed by atoms with Crippen LogP contribution in [0.3, 0.4) is 0 Å². The Morgan fingerprint density at radius 2 is 2.17 bits per heavy atom. The van der Waals surface area contributed by atoms with Crippen LogP contribution < -0.4 is 5.73 Å². The zero-order valence-corrected chi connectivity index (χ0v) is 8.01. The van der Waals surface area contributed by atoms with Crippen LogP contribution in [-0.4, -0.2) is 19.1 Å². The van der Waals surface area contributed by atoms with Crippen molar-refractivity contribution in [2.75, 3.05) is 7.11 Å². The lowest BCUT2D eigenvalue weighted by Gasteiger charge is -2.08. The lowest BCUT2D eigenvalue weighted by molar-refractivity contribution is -0.140. The van der Waals surface area contributed by atoms with Gasteiger partial charge in [0.05, 0.1) is 7.11 Å². The van der Waals surface area contributed by atoms with Crippen molar-refractivity contribution in [3.63, 3.8) is 0 Å². The third-order valence-corrected chi connectivity index (χ3v) is 1.88. The van der Waals surface area contributed by atoms with Crippen molar-refractivity contribution in [3.8, 4) is 0 Å². The van der Waals surface area contributed by atoms with Gasteiger partial charge >= 0.3 is 5.97 Å². The van der Waals surface area contributed by atoms with Crippen molar-refractivity contribution < 1.29 is 9.53 Å². The standard InChI is InChI=1S/C9H19NO2/c1-3-4-5-8(10)6-7-9(11)12-2/h8H,3-7,10H2,1-2H3. The van der Waals surface area contributed by atoms with Crippen LogP contribution in [0.25, 0.3) is 0 Å². The highest BCUT2D eigenvalue weighted by atomic mass is 16.5. The summed E-state index contributed by atoms with van der Waals surface area (Å²) >= 11 is 0. The maximum Gasteiger partial charge on any atom is 0.305 e. The number of carbonyl (C=O) groups excluding carboxylic acids is 1. The molecule has 1 atom stereocenters. The van der Waals surface area contributed by atoms with Crippen LogP contribution in [0.1, 0.15) is 39.0 Å². The Morgan fingerprint density at radius 1 is 1.50 bits per heavy atom. The molecule has 0 radical (unpaired) electrons. The van der Waals surface area contributed by atoms with Crippen LogP contribution in [0.5, 0.6) is 0 Å². The number of hydrogen-bond acceptors (Lipinski definition) is 3. The van der Waals surface area contributed by atoms with E-state index in [0.717, 1.165) is 25.7 Å². The van der Waals surface area contributed by atoms with Crippen molar-refractivity contribution in [1.29, 1.82) is 0 Å². The van der Waals surface area contributed by atoms with Gasteiger partial charge in [-0.1, -0.05) is 19.8 Å². The number of ether oxygens (including phenoxy) is 1. The summed E-state index contributed by atoms with van der Waals surface area (Å²) in [6.07, 6.45) is 4.50. The summed E-state index contributed by atoms with van der Waals surface area (Å²) < 4.78 is 4.51. The summed E-state index contributed by atoms with van der Waals surface area (Å²) in [5, 5.41) is 0. The quantitative estimate of drug-likeness (QED) is 0.619. The van der Waals surface area contributed by atoms with Gasteiger partial charge in [-0.3, -0.25) is 4.79 Å². The van der Waals surface area contributed by atoms with Gasteiger partial charge in [0, 0.05) is 12.5 Å². The molecular formula is C9H19NO2. The monoisotopic (exact) mass is 173 g/mol. The second-order valence-electron chi connectivity index (χ2n) is 3.02. The smallest absolute Gasteiger partial charge is 0.305 e. The molecule has 3 nitrogen and oxygen atoms in total. The van der Waals surface area contributed by atoms with E-state index in [1.807, 2.05) is 0 Å². The van der Waals surface area contributed by atoms with Crippen molar-refractivity contribution in [3.05, 3.63) is 0 Å². The van der Waals surface area contributed by atoms with Crippen LogP contribution in [0.4, 0.5) is 0 Å². The molecule has 12 heavy (non-hydrogen) atoms. The average molecular weight is 173 g/mol. The van der Waals surface area contributed by atoms with Crippen molar-refractivity contribution in [2.45, 2.75) is 45.1 Å². The molecule has 0 saturated heterocycles. The molecule has 0 fully saturated rings. The third kappa shape index (κ3) is 6.16. The maximum absolute atomic E-state index is 10.7. The van der Waals surface area contributed by atoms with Gasteiger partial charge in [-0.2, -0.15) is 0 Å². The first kappa shape index (κ1) is 11.4. The second kappa shape index (κ2) is 7.10. The summed E-state index contributed by atoms with van der Waals surface area (Å²) in [6, 6.07) is 0.157. The van der Waals surface area contributed by atoms with E-state index in [9.17, 15) is 4.79 Å². The van der Waals surface area contributed by atoms with Crippen LogP contribution >= 0.6 is 0 Å². The molecule has 72 valence electrons. The van der Waals surface area contributed by atoms with E-state index < -0.39 is 0 Å². The first-order valence-corrected chi connectivity index (χ1v) is 4.53. The van der Waals surface area contributed by atoms with Crippen molar-refractivity contribution in [2.24, 2.45) is 5.73 Å². The minimum absolute atomic E-state index is 0.157. The van der Waals surface area contributed by atoms with E-state index >= 15 is 0 Å². The summed E-state index contributed by atoms with van der Waals surface area (Å²) in [4.78, 5) is 10.7. The Hall–Kier alpha value is -0.570. The van der Waals surface area contributed by atoms with Gasteiger partial charge in [0.25, 0.3) is 0 Å². The molecule has 0 aliphatic rings. The Labute approximate surface area is 74.3 Å². The lowest BCUT2D eigenvalue weighted by Crippen LogP contribution is -2.21. The third-order valence-electron chi connectivity index (χ3n) is 1.88. The van der Waals surface area contributed by atoms with Gasteiger partial charge in [-0.15, -0.1) is 0 Å². The number of nitrogens with two attached hydrogens (primary N) is 1. The topological polar surface area (TPSA) is 52.3 Å². The number of carbonyl (C=O) groups is 1. The van der Waals surface area contributed by atoms with Gasteiger partial charge in [-0.05, 0) is 12.8 Å². The highest BCUT2D eigenvalue weighted by Gasteiger charge is 2.05. The fourth-order valence-corrected chi connectivity index (χ4v) is 1.02. The van der Waals surface area contributed by atoms with Gasteiger partial charge in [0.1, 0.15) is 0 Å². The lowest BCUT2D eigenvalue weighted by atomic mass is 10.1. The Morgan fingerprint density at radius 3 is 2.67 bits per heavy atom. The van der Waals surface area contributed by atoms with Crippen LogP contribution in [0.15, 0.2) is 0 Å². The molecule has 2 N–H and O–H groups in total. The van der Waals surface area contributed by atoms with E-state index in [4.69, 9.17) is 5.73 Å². The Kier molecular flexibility index (Phi) is 6.76. The normalized spacial score (nSPS) is 12.6. The molecule has 0 spiro atoms. The van der Waals surface area contributed by atoms with Crippen molar-refractivity contribution in [1.82, 2.24) is 0 Å². The molecule has 0 amide bonds. The zero-order valence-electron chi connectivity index (χ0n) is 8.01. The number of esters is 1. The molecule has 1 unspecified atom stereocenters. The van der Waals surface area contributed by atoms with E-state index in [-0.39, 0.29) is 12.0 Å². The first-order valence-electron chi connectivity index (χ1n) is 4.53. The van der Waals surface area contributed by atoms with Crippen molar-refractivity contribution >= 4 is 5.97 Å². The minimum atomic E-state index is -0.165. The fourth-order valence-electron chi connectivity index (χ4n) is 1.02. The largest absolute Gasteiger partial charge is 0.469 e. The Bertz CT molecular complexity index is 126. The summed E-state index contributed by atoms with van der Waals surface area (Å²) in [7, 11) is 1.40. The predicted molar refractivity (Wildman–Crippen MR) is 48.8 cm³/mol. The van der Waals surface area contributed by atoms with Gasteiger partial charge in [0.15, 0.2) is 0 Å². The molecule has 0 aliphatic carbocycles. The molecule has 0 rings (SSSR count). The number of methoxy groups -OCH3 is 1. The molecule has 0 bridgehead atoms. The summed E-state index contributed by atoms with van der Waals surface area (Å²) in [6.45, 7) is 2.13. The zero-order chi connectivity index (χ0) is 9.40. The first-order chi connectivity index (χ1) is 5.70. The number of unbranched alkanes of at least 4 members (excludes halogenated alkanes) is 1. The Balaban J connectivity index is 3.30. The van der Waals surface area contributed by atoms with Crippen LogP contribution in [0, 0.1) is 0 Å². The van der Waals surface area contributed by atoms with Crippen LogP contribution in [-0.2, 0) is 9.53 Å². The van der Waals surface area contributed by atoms with E-state index in [0.29, 0.717) is 6.42 Å². The van der Waals surface area contributed by atoms with E-state index in [1.165, 1.54) is 7.11 Å². The van der Waals surface area contributed by atoms with Gasteiger partial charge in [-0.25, -0.2) is 0 Å². The molecular weight excluding hydrogens is 154 g/mol. The molecule has 0 heterocycles. The molecule has 0 aromatic rings. The van der Waals surface area contributed by atoms with Gasteiger partial charge < -0.3 is 10.5 Å². The number of rotatable bonds is 6. The summed E-state index contributed by atoms with van der Waals surface area (Å²) in [5.41, 5.74) is 5.75. The van der Waals surface area contributed by atoms with E-state index in [1.54, 1.807) is 0 Å². The average Bonchev–Trinajstić information content (AvgIpc) is 2.10. The summed E-state index contributed by atoms with van der Waals surface area (Å²) in [5.74, 6) is -0.165. The molecule has 0 saturated carbocycles. The molecule has 0 aliphatic heterocycles. The molecule has 0 aromatic heterocycles. The SMILES string of the molecule is CCCCC(N)CCC(=O)OC. The minimum Gasteiger partial charge on any atom is -0.469 e. The van der Waals surface area contributed by atoms with Crippen LogP contribution in [0.2, 0.25) is 0 Å². The highest BCUT2D eigenvalue weighted by Crippen LogP contribution is 2.04. The molecule has 0 aromatic carbocycles. The fraction of sp³-hybridized carbons (Fsp3) is 0.889. The predicted octanol–water partition coefficient (Wildman–Crippen LogP) is 1.46. The maximum atomic E-state index is 10.7. The highest BCUT2D eigenvalue weighted by molar-refractivity contribution is 5.69. The van der Waals surface area contributed by atoms with E-state index in [2.05, 4.69) is 11.7 Å². The second-order valence-corrected chi connectivity index (χ2v) is 3.02. The molecule has 3 heteroatoms. The van der Waals surface area contributed by atoms with Gasteiger partial charge in [0.2, 0.25) is 0 Å². The number of hydrogen-bond donors (Lipinski definition) is 1.